The van der Waals surface area contributed by atoms with Gasteiger partial charge in [-0.1, -0.05) is 25.1 Å². The topological polar surface area (TPSA) is 65.9 Å². The van der Waals surface area contributed by atoms with Crippen molar-refractivity contribution in [3.63, 3.8) is 0 Å². The Balaban J connectivity index is 2.12. The van der Waals surface area contributed by atoms with Crippen LogP contribution in [0.5, 0.6) is 0 Å². The predicted molar refractivity (Wildman–Crippen MR) is 84.2 cm³/mol. The largest absolute Gasteiger partial charge is 0.399 e. The molecule has 1 heterocycles. The van der Waals surface area contributed by atoms with Crippen molar-refractivity contribution in [3.05, 3.63) is 59.4 Å². The van der Waals surface area contributed by atoms with Gasteiger partial charge in [-0.05, 0) is 36.7 Å². The summed E-state index contributed by atoms with van der Waals surface area (Å²) in [6.45, 7) is 4.71. The van der Waals surface area contributed by atoms with E-state index in [2.05, 4.69) is 22.9 Å². The van der Waals surface area contributed by atoms with Gasteiger partial charge in [-0.25, -0.2) is 4.98 Å². The Kier molecular flexibility index (Phi) is 5.30. The lowest BCUT2D eigenvalue weighted by Gasteiger charge is -2.22. The molecule has 4 heteroatoms. The number of nitrogen functional groups attached to an aromatic ring is 1. The van der Waals surface area contributed by atoms with Crippen LogP contribution in [-0.4, -0.2) is 16.4 Å². The van der Waals surface area contributed by atoms with Crippen LogP contribution >= 0.6 is 0 Å². The minimum atomic E-state index is 0.510. The zero-order valence-electron chi connectivity index (χ0n) is 12.3. The third-order valence-corrected chi connectivity index (χ3v) is 3.32. The summed E-state index contributed by atoms with van der Waals surface area (Å²) < 4.78 is 0. The second-order valence-electron chi connectivity index (χ2n) is 5.08. The van der Waals surface area contributed by atoms with E-state index in [-0.39, 0.29) is 0 Å². The van der Waals surface area contributed by atoms with Crippen molar-refractivity contribution in [1.29, 1.82) is 5.26 Å². The fourth-order valence-corrected chi connectivity index (χ4v) is 2.32. The molecule has 0 bridgehead atoms. The summed E-state index contributed by atoms with van der Waals surface area (Å²) in [7, 11) is 0. The molecule has 0 aliphatic heterocycles. The molecule has 21 heavy (non-hydrogen) atoms. The van der Waals surface area contributed by atoms with Gasteiger partial charge in [-0.15, -0.1) is 0 Å². The first-order valence-electron chi connectivity index (χ1n) is 7.13. The third-order valence-electron chi connectivity index (χ3n) is 3.32. The third kappa shape index (κ3) is 4.30. The first kappa shape index (κ1) is 15.0. The van der Waals surface area contributed by atoms with E-state index in [9.17, 15) is 0 Å². The standard InChI is InChI=1S/C17H20N4/c1-2-10-21(12-14-5-7-16(19)8-6-14)13-15-4-3-9-20-17(15)11-18/h3-9H,2,10,12-13,19H2,1H3. The average molecular weight is 280 g/mol. The van der Waals surface area contributed by atoms with Crippen LogP contribution in [0.1, 0.15) is 30.2 Å². The van der Waals surface area contributed by atoms with Crippen molar-refractivity contribution in [1.82, 2.24) is 9.88 Å². The predicted octanol–water partition coefficient (Wildman–Crippen LogP) is 2.95. The van der Waals surface area contributed by atoms with Crippen LogP contribution in [0.3, 0.4) is 0 Å². The number of hydrogen-bond donors (Lipinski definition) is 1. The van der Waals surface area contributed by atoms with Gasteiger partial charge in [-0.2, -0.15) is 5.26 Å². The van der Waals surface area contributed by atoms with E-state index in [1.165, 1.54) is 5.56 Å². The van der Waals surface area contributed by atoms with E-state index in [0.717, 1.165) is 37.3 Å². The molecule has 0 saturated heterocycles. The smallest absolute Gasteiger partial charge is 0.144 e. The van der Waals surface area contributed by atoms with Crippen LogP contribution < -0.4 is 5.73 Å². The van der Waals surface area contributed by atoms with E-state index in [0.29, 0.717) is 5.69 Å². The summed E-state index contributed by atoms with van der Waals surface area (Å²) in [4.78, 5) is 6.45. The Morgan fingerprint density at radius 3 is 2.62 bits per heavy atom. The summed E-state index contributed by atoms with van der Waals surface area (Å²) in [5.41, 5.74) is 9.21. The molecule has 0 atom stereocenters. The highest BCUT2D eigenvalue weighted by Crippen LogP contribution is 2.13. The second-order valence-corrected chi connectivity index (χ2v) is 5.08. The van der Waals surface area contributed by atoms with E-state index in [1.807, 2.05) is 36.4 Å². The van der Waals surface area contributed by atoms with Crippen LogP contribution in [0.25, 0.3) is 0 Å². The van der Waals surface area contributed by atoms with Crippen molar-refractivity contribution >= 4 is 5.69 Å². The number of benzene rings is 1. The molecule has 0 amide bonds. The Morgan fingerprint density at radius 2 is 1.95 bits per heavy atom. The molecule has 0 radical (unpaired) electrons. The summed E-state index contributed by atoms with van der Waals surface area (Å²) >= 11 is 0. The quantitative estimate of drug-likeness (QED) is 0.826. The number of rotatable bonds is 6. The van der Waals surface area contributed by atoms with Crippen molar-refractivity contribution in [2.45, 2.75) is 26.4 Å². The van der Waals surface area contributed by atoms with Gasteiger partial charge in [0.15, 0.2) is 0 Å². The molecule has 108 valence electrons. The number of pyridine rings is 1. The molecule has 0 aliphatic rings. The van der Waals surface area contributed by atoms with Gasteiger partial charge < -0.3 is 5.73 Å². The van der Waals surface area contributed by atoms with E-state index >= 15 is 0 Å². The molecule has 2 rings (SSSR count). The molecule has 1 aromatic carbocycles. The van der Waals surface area contributed by atoms with Crippen LogP contribution in [0.2, 0.25) is 0 Å². The van der Waals surface area contributed by atoms with Crippen LogP contribution in [0, 0.1) is 11.3 Å². The summed E-state index contributed by atoms with van der Waals surface area (Å²) in [6, 6.07) is 13.9. The monoisotopic (exact) mass is 280 g/mol. The Bertz CT molecular complexity index is 613. The van der Waals surface area contributed by atoms with Crippen molar-refractivity contribution in [2.75, 3.05) is 12.3 Å². The lowest BCUT2D eigenvalue weighted by Crippen LogP contribution is -2.24. The van der Waals surface area contributed by atoms with Gasteiger partial charge in [0, 0.05) is 30.5 Å². The average Bonchev–Trinajstić information content (AvgIpc) is 2.50. The minimum Gasteiger partial charge on any atom is -0.399 e. The number of anilines is 1. The first-order valence-corrected chi connectivity index (χ1v) is 7.13. The zero-order chi connectivity index (χ0) is 15.1. The Hall–Kier alpha value is -2.38. The molecular formula is C17H20N4. The number of hydrogen-bond acceptors (Lipinski definition) is 4. The number of nitrogens with zero attached hydrogens (tertiary/aromatic N) is 3. The van der Waals surface area contributed by atoms with Gasteiger partial charge in [0.05, 0.1) is 0 Å². The maximum absolute atomic E-state index is 9.14. The van der Waals surface area contributed by atoms with Crippen molar-refractivity contribution < 1.29 is 0 Å². The molecule has 0 fully saturated rings. The minimum absolute atomic E-state index is 0.510. The normalized spacial score (nSPS) is 10.5. The second kappa shape index (κ2) is 7.41. The highest BCUT2D eigenvalue weighted by atomic mass is 15.1. The van der Waals surface area contributed by atoms with Crippen molar-refractivity contribution in [2.24, 2.45) is 0 Å². The first-order chi connectivity index (χ1) is 10.2. The molecule has 0 aliphatic carbocycles. The highest BCUT2D eigenvalue weighted by molar-refractivity contribution is 5.39. The van der Waals surface area contributed by atoms with E-state index in [1.54, 1.807) is 6.20 Å². The van der Waals surface area contributed by atoms with Gasteiger partial charge in [0.25, 0.3) is 0 Å². The summed E-state index contributed by atoms with van der Waals surface area (Å²) in [5.74, 6) is 0. The van der Waals surface area contributed by atoms with E-state index in [4.69, 9.17) is 11.0 Å². The van der Waals surface area contributed by atoms with Crippen LogP contribution in [0.15, 0.2) is 42.6 Å². The molecule has 4 nitrogen and oxygen atoms in total. The van der Waals surface area contributed by atoms with Crippen LogP contribution in [0.4, 0.5) is 5.69 Å². The van der Waals surface area contributed by atoms with Crippen LogP contribution in [-0.2, 0) is 13.1 Å². The van der Waals surface area contributed by atoms with E-state index < -0.39 is 0 Å². The van der Waals surface area contributed by atoms with Gasteiger partial charge in [0.2, 0.25) is 0 Å². The fourth-order valence-electron chi connectivity index (χ4n) is 2.32. The summed E-state index contributed by atoms with van der Waals surface area (Å²) in [6.07, 6.45) is 2.73. The molecule has 0 unspecified atom stereocenters. The molecular weight excluding hydrogens is 260 g/mol. The SMILES string of the molecule is CCCN(Cc1ccc(N)cc1)Cc1cccnc1C#N. The van der Waals surface area contributed by atoms with Crippen molar-refractivity contribution in [3.8, 4) is 6.07 Å². The lowest BCUT2D eigenvalue weighted by atomic mass is 10.1. The van der Waals surface area contributed by atoms with Gasteiger partial charge in [-0.3, -0.25) is 4.90 Å². The molecule has 2 N–H and O–H groups in total. The molecule has 1 aromatic heterocycles. The maximum atomic E-state index is 9.14. The highest BCUT2D eigenvalue weighted by Gasteiger charge is 2.10. The summed E-state index contributed by atoms with van der Waals surface area (Å²) in [5, 5.41) is 9.14. The number of nitrogens with two attached hydrogens (primary N) is 1. The maximum Gasteiger partial charge on any atom is 0.144 e. The fraction of sp³-hybridized carbons (Fsp3) is 0.294. The Labute approximate surface area is 125 Å². The lowest BCUT2D eigenvalue weighted by molar-refractivity contribution is 0.257. The number of aromatic nitrogens is 1. The molecule has 2 aromatic rings. The zero-order valence-corrected chi connectivity index (χ0v) is 12.3. The van der Waals surface area contributed by atoms with Gasteiger partial charge >= 0.3 is 0 Å². The van der Waals surface area contributed by atoms with Gasteiger partial charge in [0.1, 0.15) is 11.8 Å². The molecule has 0 saturated carbocycles. The molecule has 0 spiro atoms. The number of nitriles is 1. The Morgan fingerprint density at radius 1 is 1.19 bits per heavy atom.